The molecule has 1 heterocycles. The Morgan fingerprint density at radius 2 is 2.12 bits per heavy atom. The molecular weight excluding hydrogens is 389 g/mol. The van der Waals surface area contributed by atoms with Gasteiger partial charge in [-0.1, -0.05) is 17.7 Å². The zero-order valence-electron chi connectivity index (χ0n) is 14.2. The van der Waals surface area contributed by atoms with Gasteiger partial charge < -0.3 is 15.4 Å². The second-order valence-corrected chi connectivity index (χ2v) is 6.51. The lowest BCUT2D eigenvalue weighted by molar-refractivity contribution is -0.140. The summed E-state index contributed by atoms with van der Waals surface area (Å²) in [6, 6.07) is 5.25. The lowest BCUT2D eigenvalue weighted by Gasteiger charge is -2.11. The Labute approximate surface area is 158 Å². The van der Waals surface area contributed by atoms with Crippen LogP contribution in [0.5, 0.6) is 5.75 Å². The van der Waals surface area contributed by atoms with Gasteiger partial charge in [0.1, 0.15) is 10.8 Å². The van der Waals surface area contributed by atoms with E-state index in [1.165, 1.54) is 0 Å². The molecule has 142 valence electrons. The molecule has 0 saturated heterocycles. The molecule has 0 aliphatic heterocycles. The number of nitrogens with zero attached hydrogens (tertiary/aromatic N) is 2. The van der Waals surface area contributed by atoms with Crippen LogP contribution in [0.15, 0.2) is 28.6 Å². The molecule has 2 rings (SSSR count). The average Bonchev–Trinajstić information content (AvgIpc) is 3.07. The lowest BCUT2D eigenvalue weighted by Crippen LogP contribution is -2.36. The van der Waals surface area contributed by atoms with Gasteiger partial charge in [0.25, 0.3) is 0 Å². The van der Waals surface area contributed by atoms with Crippen molar-refractivity contribution in [3.63, 3.8) is 0 Å². The van der Waals surface area contributed by atoms with Gasteiger partial charge >= 0.3 is 6.18 Å². The fourth-order valence-corrected chi connectivity index (χ4v) is 2.94. The number of halogens is 4. The van der Waals surface area contributed by atoms with E-state index in [-0.39, 0.29) is 6.54 Å². The molecule has 0 aliphatic rings. The quantitative estimate of drug-likeness (QED) is 0.560. The molecule has 0 bridgehead atoms. The van der Waals surface area contributed by atoms with Gasteiger partial charge in [-0.2, -0.15) is 13.2 Å². The summed E-state index contributed by atoms with van der Waals surface area (Å²) in [6.07, 6.45) is -4.43. The smallest absolute Gasteiger partial charge is 0.434 e. The van der Waals surface area contributed by atoms with Crippen molar-refractivity contribution in [3.05, 3.63) is 44.9 Å². The summed E-state index contributed by atoms with van der Waals surface area (Å²) in [5, 5.41) is 7.89. The molecule has 0 fully saturated rings. The molecule has 10 heteroatoms. The Kier molecular flexibility index (Phi) is 7.10. The van der Waals surface area contributed by atoms with Crippen molar-refractivity contribution in [1.29, 1.82) is 0 Å². The summed E-state index contributed by atoms with van der Waals surface area (Å²) in [4.78, 5) is 8.00. The van der Waals surface area contributed by atoms with Gasteiger partial charge in [-0.15, -0.1) is 11.3 Å². The van der Waals surface area contributed by atoms with E-state index in [1.807, 2.05) is 13.0 Å². The maximum Gasteiger partial charge on any atom is 0.434 e. The minimum atomic E-state index is -4.43. The van der Waals surface area contributed by atoms with Crippen LogP contribution < -0.4 is 15.4 Å². The number of thiazole rings is 1. The van der Waals surface area contributed by atoms with Crippen LogP contribution in [0.3, 0.4) is 0 Å². The van der Waals surface area contributed by atoms with E-state index >= 15 is 0 Å². The minimum Gasteiger partial charge on any atom is -0.496 e. The number of ether oxygens (including phenoxy) is 1. The number of benzene rings is 1. The summed E-state index contributed by atoms with van der Waals surface area (Å²) >= 11 is 6.88. The first kappa shape index (κ1) is 20.3. The Balaban J connectivity index is 2.04. The van der Waals surface area contributed by atoms with Crippen LogP contribution in [0.4, 0.5) is 13.2 Å². The van der Waals surface area contributed by atoms with Crippen molar-refractivity contribution in [2.75, 3.05) is 13.7 Å². The first-order chi connectivity index (χ1) is 12.3. The minimum absolute atomic E-state index is 0.143. The van der Waals surface area contributed by atoms with Crippen molar-refractivity contribution in [2.24, 2.45) is 4.99 Å². The van der Waals surface area contributed by atoms with Crippen LogP contribution in [0.25, 0.3) is 0 Å². The lowest BCUT2D eigenvalue weighted by atomic mass is 10.2. The molecular formula is C16H18ClF3N4OS. The number of alkyl halides is 3. The highest BCUT2D eigenvalue weighted by molar-refractivity contribution is 7.09. The molecule has 5 nitrogen and oxygen atoms in total. The second kappa shape index (κ2) is 9.09. The standard InChI is InChI=1S/C16H18ClF3N4OS/c1-3-21-15(22-7-10-4-5-11(17)6-12(10)25-2)23-8-14-24-13(9-26-14)16(18,19)20/h4-6,9H,3,7-8H2,1-2H3,(H2,21,22,23). The van der Waals surface area contributed by atoms with E-state index in [1.54, 1.807) is 19.2 Å². The Morgan fingerprint density at radius 3 is 2.73 bits per heavy atom. The topological polar surface area (TPSA) is 58.5 Å². The molecule has 2 N–H and O–H groups in total. The average molecular weight is 407 g/mol. The highest BCUT2D eigenvalue weighted by atomic mass is 35.5. The van der Waals surface area contributed by atoms with Gasteiger partial charge in [-0.3, -0.25) is 0 Å². The normalized spacial score (nSPS) is 12.2. The Morgan fingerprint density at radius 1 is 1.35 bits per heavy atom. The summed E-state index contributed by atoms with van der Waals surface area (Å²) in [5.41, 5.74) is -0.0464. The summed E-state index contributed by atoms with van der Waals surface area (Å²) < 4.78 is 43.1. The molecule has 0 saturated carbocycles. The van der Waals surface area contributed by atoms with Gasteiger partial charge in [0.15, 0.2) is 11.7 Å². The van der Waals surface area contributed by atoms with E-state index in [4.69, 9.17) is 16.3 Å². The number of hydrogen-bond donors (Lipinski definition) is 2. The van der Waals surface area contributed by atoms with E-state index in [9.17, 15) is 13.2 Å². The molecule has 0 atom stereocenters. The predicted octanol–water partition coefficient (Wildman–Crippen LogP) is 4.08. The highest BCUT2D eigenvalue weighted by Crippen LogP contribution is 2.30. The third kappa shape index (κ3) is 5.77. The van der Waals surface area contributed by atoms with Gasteiger partial charge in [-0.05, 0) is 19.1 Å². The summed E-state index contributed by atoms with van der Waals surface area (Å²) in [6.45, 7) is 2.96. The second-order valence-electron chi connectivity index (χ2n) is 5.13. The number of rotatable bonds is 6. The molecule has 26 heavy (non-hydrogen) atoms. The monoisotopic (exact) mass is 406 g/mol. The number of methoxy groups -OCH3 is 1. The fraction of sp³-hybridized carbons (Fsp3) is 0.375. The summed E-state index contributed by atoms with van der Waals surface area (Å²) in [5.74, 6) is 1.08. The molecule has 0 radical (unpaired) electrons. The molecule has 0 aliphatic carbocycles. The van der Waals surface area contributed by atoms with E-state index in [0.29, 0.717) is 34.8 Å². The third-order valence-corrected chi connectivity index (χ3v) is 4.33. The van der Waals surface area contributed by atoms with Gasteiger partial charge in [0.05, 0.1) is 20.2 Å². The van der Waals surface area contributed by atoms with Crippen molar-refractivity contribution < 1.29 is 17.9 Å². The zero-order chi connectivity index (χ0) is 19.2. The maximum absolute atomic E-state index is 12.6. The Hall–Kier alpha value is -2.00. The number of nitrogens with one attached hydrogen (secondary N) is 2. The number of aliphatic imine (C=N–C) groups is 1. The van der Waals surface area contributed by atoms with Crippen molar-refractivity contribution in [2.45, 2.75) is 26.2 Å². The predicted molar refractivity (Wildman–Crippen MR) is 96.8 cm³/mol. The summed E-state index contributed by atoms with van der Waals surface area (Å²) in [7, 11) is 1.54. The van der Waals surface area contributed by atoms with Crippen molar-refractivity contribution in [1.82, 2.24) is 15.6 Å². The number of hydrogen-bond acceptors (Lipinski definition) is 4. The van der Waals surface area contributed by atoms with Crippen LogP contribution >= 0.6 is 22.9 Å². The molecule has 0 unspecified atom stereocenters. The van der Waals surface area contributed by atoms with Gasteiger partial charge in [0, 0.05) is 22.5 Å². The van der Waals surface area contributed by atoms with E-state index in [0.717, 1.165) is 22.3 Å². The maximum atomic E-state index is 12.6. The first-order valence-electron chi connectivity index (χ1n) is 7.69. The van der Waals surface area contributed by atoms with Crippen LogP contribution in [0.2, 0.25) is 5.02 Å². The van der Waals surface area contributed by atoms with Crippen LogP contribution in [-0.4, -0.2) is 24.6 Å². The van der Waals surface area contributed by atoms with Crippen LogP contribution in [-0.2, 0) is 19.3 Å². The van der Waals surface area contributed by atoms with Gasteiger partial charge in [-0.25, -0.2) is 9.98 Å². The fourth-order valence-electron chi connectivity index (χ4n) is 2.04. The number of aromatic nitrogens is 1. The molecule has 1 aromatic heterocycles. The molecule has 0 spiro atoms. The molecule has 1 aromatic carbocycles. The molecule has 0 amide bonds. The third-order valence-electron chi connectivity index (χ3n) is 3.25. The Bertz CT molecular complexity index is 764. The van der Waals surface area contributed by atoms with Crippen LogP contribution in [0, 0.1) is 0 Å². The largest absolute Gasteiger partial charge is 0.496 e. The number of guanidine groups is 1. The van der Waals surface area contributed by atoms with Crippen molar-refractivity contribution in [3.8, 4) is 5.75 Å². The highest BCUT2D eigenvalue weighted by Gasteiger charge is 2.33. The van der Waals surface area contributed by atoms with Crippen LogP contribution in [0.1, 0.15) is 23.2 Å². The van der Waals surface area contributed by atoms with Gasteiger partial charge in [0.2, 0.25) is 0 Å². The van der Waals surface area contributed by atoms with Crippen molar-refractivity contribution >= 4 is 28.9 Å². The SMILES string of the molecule is CCNC(=NCc1ccc(Cl)cc1OC)NCc1nc(C(F)(F)F)cs1. The first-order valence-corrected chi connectivity index (χ1v) is 8.95. The molecule has 2 aromatic rings. The van der Waals surface area contributed by atoms with E-state index < -0.39 is 11.9 Å². The van der Waals surface area contributed by atoms with E-state index in [2.05, 4.69) is 20.6 Å². The zero-order valence-corrected chi connectivity index (χ0v) is 15.7.